The molecule has 0 saturated heterocycles. The van der Waals surface area contributed by atoms with Gasteiger partial charge >= 0.3 is 0 Å². The lowest BCUT2D eigenvalue weighted by atomic mass is 10.2. The third kappa shape index (κ3) is 2.82. The van der Waals surface area contributed by atoms with E-state index in [4.69, 9.17) is 0 Å². The molecule has 0 radical (unpaired) electrons. The number of nitrogens with one attached hydrogen (secondary N) is 2. The lowest BCUT2D eigenvalue weighted by molar-refractivity contribution is 0.0928. The van der Waals surface area contributed by atoms with E-state index in [9.17, 15) is 9.59 Å². The zero-order valence-electron chi connectivity index (χ0n) is 16.0. The molecule has 0 atom stereocenters. The van der Waals surface area contributed by atoms with Crippen molar-refractivity contribution >= 4 is 39.6 Å². The smallest absolute Gasteiger partial charge is 0.274 e. The van der Waals surface area contributed by atoms with Crippen LogP contribution < -0.4 is 10.6 Å². The Morgan fingerprint density at radius 1 is 1.17 bits per heavy atom. The van der Waals surface area contributed by atoms with Gasteiger partial charge in [0.25, 0.3) is 11.8 Å². The molecule has 1 aliphatic rings. The van der Waals surface area contributed by atoms with Crippen molar-refractivity contribution in [2.75, 3.05) is 11.9 Å². The molecule has 1 aliphatic heterocycles. The SMILES string of the molecule is CC(C)n1ncc2cc(NC(=O)c3ccc4cc5n(c4n3)CCNC5=O)cnc21. The molecule has 0 aromatic carbocycles. The van der Waals surface area contributed by atoms with Crippen LogP contribution in [0.15, 0.2) is 36.7 Å². The molecule has 0 unspecified atom stereocenters. The van der Waals surface area contributed by atoms with Crippen molar-refractivity contribution in [2.45, 2.75) is 26.4 Å². The van der Waals surface area contributed by atoms with Crippen molar-refractivity contribution < 1.29 is 9.59 Å². The zero-order chi connectivity index (χ0) is 20.1. The Kier molecular flexibility index (Phi) is 3.83. The number of pyridine rings is 2. The van der Waals surface area contributed by atoms with Crippen LogP contribution in [0.1, 0.15) is 40.9 Å². The fourth-order valence-corrected chi connectivity index (χ4v) is 3.62. The first-order valence-electron chi connectivity index (χ1n) is 9.44. The normalized spacial score (nSPS) is 13.7. The summed E-state index contributed by atoms with van der Waals surface area (Å²) in [5, 5.41) is 11.7. The molecular formula is C20H19N7O2. The van der Waals surface area contributed by atoms with E-state index in [1.54, 1.807) is 24.5 Å². The summed E-state index contributed by atoms with van der Waals surface area (Å²) >= 11 is 0. The molecule has 4 aromatic rings. The van der Waals surface area contributed by atoms with Gasteiger partial charge < -0.3 is 15.2 Å². The van der Waals surface area contributed by atoms with E-state index in [1.807, 2.05) is 35.2 Å². The number of hydrogen-bond donors (Lipinski definition) is 2. The fourth-order valence-electron chi connectivity index (χ4n) is 3.62. The predicted octanol–water partition coefficient (Wildman–Crippen LogP) is 2.36. The van der Waals surface area contributed by atoms with Crippen LogP contribution in [0.5, 0.6) is 0 Å². The highest BCUT2D eigenvalue weighted by Gasteiger charge is 2.21. The maximum absolute atomic E-state index is 12.8. The van der Waals surface area contributed by atoms with Crippen LogP contribution in [-0.2, 0) is 6.54 Å². The van der Waals surface area contributed by atoms with Crippen LogP contribution in [-0.4, -0.2) is 42.7 Å². The summed E-state index contributed by atoms with van der Waals surface area (Å²) < 4.78 is 3.68. The van der Waals surface area contributed by atoms with E-state index >= 15 is 0 Å². The molecular weight excluding hydrogens is 370 g/mol. The van der Waals surface area contributed by atoms with Gasteiger partial charge in [-0.05, 0) is 38.1 Å². The number of nitrogens with zero attached hydrogens (tertiary/aromatic N) is 5. The van der Waals surface area contributed by atoms with Gasteiger partial charge in [0.1, 0.15) is 17.0 Å². The van der Waals surface area contributed by atoms with Crippen LogP contribution >= 0.6 is 0 Å². The van der Waals surface area contributed by atoms with Crippen LogP contribution in [0.4, 0.5) is 5.69 Å². The van der Waals surface area contributed by atoms with Crippen molar-refractivity contribution in [3.8, 4) is 0 Å². The van der Waals surface area contributed by atoms with E-state index in [0.29, 0.717) is 30.1 Å². The van der Waals surface area contributed by atoms with Gasteiger partial charge in [-0.1, -0.05) is 0 Å². The topological polar surface area (TPSA) is 107 Å². The van der Waals surface area contributed by atoms with Crippen molar-refractivity contribution in [3.63, 3.8) is 0 Å². The molecule has 0 fully saturated rings. The van der Waals surface area contributed by atoms with Gasteiger partial charge in [-0.25, -0.2) is 14.6 Å². The molecule has 2 N–H and O–H groups in total. The highest BCUT2D eigenvalue weighted by atomic mass is 16.2. The van der Waals surface area contributed by atoms with Crippen LogP contribution in [0.2, 0.25) is 0 Å². The summed E-state index contributed by atoms with van der Waals surface area (Å²) in [6.07, 6.45) is 3.35. The quantitative estimate of drug-likeness (QED) is 0.559. The number of aromatic nitrogens is 5. The number of hydrogen-bond acceptors (Lipinski definition) is 5. The Morgan fingerprint density at radius 2 is 2.03 bits per heavy atom. The minimum atomic E-state index is -0.333. The highest BCUT2D eigenvalue weighted by molar-refractivity contribution is 6.05. The van der Waals surface area contributed by atoms with E-state index in [1.165, 1.54) is 0 Å². The Bertz CT molecular complexity index is 1280. The summed E-state index contributed by atoms with van der Waals surface area (Å²) in [6.45, 7) is 5.25. The first-order chi connectivity index (χ1) is 14.0. The Morgan fingerprint density at radius 3 is 2.86 bits per heavy atom. The van der Waals surface area contributed by atoms with Gasteiger partial charge in [0, 0.05) is 29.9 Å². The fraction of sp³-hybridized carbons (Fsp3) is 0.250. The summed E-state index contributed by atoms with van der Waals surface area (Å²) in [5.74, 6) is -0.457. The first-order valence-corrected chi connectivity index (χ1v) is 9.44. The van der Waals surface area contributed by atoms with E-state index in [0.717, 1.165) is 16.4 Å². The lowest BCUT2D eigenvalue weighted by Crippen LogP contribution is -2.35. The minimum Gasteiger partial charge on any atom is -0.349 e. The first kappa shape index (κ1) is 17.4. The molecule has 29 heavy (non-hydrogen) atoms. The van der Waals surface area contributed by atoms with Gasteiger partial charge in [0.15, 0.2) is 5.65 Å². The van der Waals surface area contributed by atoms with Gasteiger partial charge in [-0.15, -0.1) is 0 Å². The summed E-state index contributed by atoms with van der Waals surface area (Å²) in [6, 6.07) is 7.30. The average molecular weight is 389 g/mol. The summed E-state index contributed by atoms with van der Waals surface area (Å²) in [4.78, 5) is 33.7. The Hall–Kier alpha value is -3.75. The number of carbonyl (C=O) groups excluding carboxylic acids is 2. The molecule has 0 saturated carbocycles. The molecule has 9 nitrogen and oxygen atoms in total. The third-order valence-electron chi connectivity index (χ3n) is 5.01. The maximum Gasteiger partial charge on any atom is 0.274 e. The zero-order valence-corrected chi connectivity index (χ0v) is 16.0. The van der Waals surface area contributed by atoms with Gasteiger partial charge in [0.05, 0.1) is 18.1 Å². The highest BCUT2D eigenvalue weighted by Crippen LogP contribution is 2.22. The second-order valence-electron chi connectivity index (χ2n) is 7.32. The molecule has 5 heterocycles. The Labute approximate surface area is 165 Å². The third-order valence-corrected chi connectivity index (χ3v) is 5.01. The molecule has 2 amide bonds. The molecule has 0 aliphatic carbocycles. The lowest BCUT2D eigenvalue weighted by Gasteiger charge is -2.16. The molecule has 0 spiro atoms. The molecule has 146 valence electrons. The average Bonchev–Trinajstić information content (AvgIpc) is 3.29. The van der Waals surface area contributed by atoms with Crippen molar-refractivity contribution in [1.82, 2.24) is 29.6 Å². The number of carbonyl (C=O) groups is 2. The molecule has 5 rings (SSSR count). The monoisotopic (exact) mass is 389 g/mol. The van der Waals surface area contributed by atoms with E-state index in [2.05, 4.69) is 25.7 Å². The number of fused-ring (bicyclic) bond motifs is 4. The van der Waals surface area contributed by atoms with Crippen LogP contribution in [0.25, 0.3) is 22.1 Å². The van der Waals surface area contributed by atoms with Gasteiger partial charge in [-0.2, -0.15) is 5.10 Å². The standard InChI is InChI=1S/C20H19N7O2/c1-11(2)27-17-13(9-23-27)7-14(10-22-17)24-19(28)15-4-3-12-8-16-20(29)21-5-6-26(16)18(12)25-15/h3-4,7-11H,5-6H2,1-2H3,(H,21,29)(H,24,28). The molecule has 4 aromatic heterocycles. The van der Waals surface area contributed by atoms with E-state index in [-0.39, 0.29) is 23.6 Å². The van der Waals surface area contributed by atoms with Crippen molar-refractivity contribution in [3.05, 3.63) is 48.0 Å². The van der Waals surface area contributed by atoms with E-state index < -0.39 is 0 Å². The summed E-state index contributed by atoms with van der Waals surface area (Å²) in [5.41, 5.74) is 2.82. The van der Waals surface area contributed by atoms with Crippen LogP contribution in [0.3, 0.4) is 0 Å². The second kappa shape index (κ2) is 6.40. The van der Waals surface area contributed by atoms with Crippen molar-refractivity contribution in [1.29, 1.82) is 0 Å². The Balaban J connectivity index is 1.45. The second-order valence-corrected chi connectivity index (χ2v) is 7.32. The number of rotatable bonds is 3. The van der Waals surface area contributed by atoms with Gasteiger partial charge in [0.2, 0.25) is 0 Å². The number of anilines is 1. The van der Waals surface area contributed by atoms with Crippen LogP contribution in [0, 0.1) is 0 Å². The van der Waals surface area contributed by atoms with Gasteiger partial charge in [-0.3, -0.25) is 9.59 Å². The molecule has 9 heteroatoms. The largest absolute Gasteiger partial charge is 0.349 e. The summed E-state index contributed by atoms with van der Waals surface area (Å²) in [7, 11) is 0. The number of amides is 2. The van der Waals surface area contributed by atoms with Crippen molar-refractivity contribution in [2.24, 2.45) is 0 Å². The maximum atomic E-state index is 12.8. The minimum absolute atomic E-state index is 0.124. The predicted molar refractivity (Wildman–Crippen MR) is 108 cm³/mol. The molecule has 0 bridgehead atoms.